The zero-order valence-corrected chi connectivity index (χ0v) is 13.3. The van der Waals surface area contributed by atoms with Crippen LogP contribution in [0.4, 0.5) is 0 Å². The third kappa shape index (κ3) is 5.01. The number of halogens is 1. The smallest absolute Gasteiger partial charge is 0.306 e. The Kier molecular flexibility index (Phi) is 6.07. The van der Waals surface area contributed by atoms with E-state index in [1.54, 1.807) is 0 Å². The van der Waals surface area contributed by atoms with Gasteiger partial charge < -0.3 is 10.4 Å². The number of aliphatic carboxylic acids is 1. The number of nitrogens with one attached hydrogen (secondary N) is 1. The molecule has 1 fully saturated rings. The minimum absolute atomic E-state index is 0.139. The Morgan fingerprint density at radius 2 is 1.90 bits per heavy atom. The van der Waals surface area contributed by atoms with Crippen LogP contribution in [0, 0.1) is 5.92 Å². The van der Waals surface area contributed by atoms with E-state index >= 15 is 0 Å². The van der Waals surface area contributed by atoms with Crippen molar-refractivity contribution in [3.8, 4) is 0 Å². The van der Waals surface area contributed by atoms with Crippen molar-refractivity contribution in [2.75, 3.05) is 0 Å². The standard InChI is InChI=1S/C17H24ClNO2/c1-2-15(11-12-3-7-14(18)8-4-12)19-16-9-5-13(6-10-16)17(20)21/h3-4,7-8,13,15-16,19H,2,5-6,9-11H2,1H3,(H,20,21). The molecule has 1 atom stereocenters. The third-order valence-corrected chi connectivity index (χ3v) is 4.69. The lowest BCUT2D eigenvalue weighted by atomic mass is 9.85. The highest BCUT2D eigenvalue weighted by molar-refractivity contribution is 6.30. The van der Waals surface area contributed by atoms with Crippen molar-refractivity contribution in [1.82, 2.24) is 5.32 Å². The topological polar surface area (TPSA) is 49.3 Å². The van der Waals surface area contributed by atoms with Gasteiger partial charge in [0.25, 0.3) is 0 Å². The van der Waals surface area contributed by atoms with E-state index in [0.29, 0.717) is 12.1 Å². The highest BCUT2D eigenvalue weighted by Crippen LogP contribution is 2.25. The first-order valence-electron chi connectivity index (χ1n) is 7.81. The molecule has 0 bridgehead atoms. The molecule has 21 heavy (non-hydrogen) atoms. The fourth-order valence-electron chi connectivity index (χ4n) is 3.07. The number of carboxylic acid groups (broad SMARTS) is 1. The van der Waals surface area contributed by atoms with Crippen molar-refractivity contribution in [3.05, 3.63) is 34.9 Å². The maximum Gasteiger partial charge on any atom is 0.306 e. The maximum absolute atomic E-state index is 11.0. The summed E-state index contributed by atoms with van der Waals surface area (Å²) in [6.07, 6.45) is 5.59. The highest BCUT2D eigenvalue weighted by Gasteiger charge is 2.26. The Balaban J connectivity index is 1.82. The maximum atomic E-state index is 11.0. The van der Waals surface area contributed by atoms with E-state index in [1.165, 1.54) is 5.56 Å². The summed E-state index contributed by atoms with van der Waals surface area (Å²) in [4.78, 5) is 11.0. The van der Waals surface area contributed by atoms with Crippen LogP contribution >= 0.6 is 11.6 Å². The molecule has 4 heteroatoms. The summed E-state index contributed by atoms with van der Waals surface area (Å²) in [6.45, 7) is 2.19. The summed E-state index contributed by atoms with van der Waals surface area (Å²) in [6, 6.07) is 8.92. The molecule has 0 heterocycles. The molecule has 0 radical (unpaired) electrons. The monoisotopic (exact) mass is 309 g/mol. The third-order valence-electron chi connectivity index (χ3n) is 4.44. The van der Waals surface area contributed by atoms with E-state index in [1.807, 2.05) is 12.1 Å². The number of hydrogen-bond acceptors (Lipinski definition) is 2. The minimum Gasteiger partial charge on any atom is -0.481 e. The van der Waals surface area contributed by atoms with E-state index < -0.39 is 5.97 Å². The average Bonchev–Trinajstić information content (AvgIpc) is 2.49. The van der Waals surface area contributed by atoms with Gasteiger partial charge in [-0.05, 0) is 56.2 Å². The van der Waals surface area contributed by atoms with Crippen molar-refractivity contribution in [2.24, 2.45) is 5.92 Å². The molecule has 0 spiro atoms. The van der Waals surface area contributed by atoms with Crippen molar-refractivity contribution < 1.29 is 9.90 Å². The van der Waals surface area contributed by atoms with Crippen LogP contribution < -0.4 is 5.32 Å². The average molecular weight is 310 g/mol. The molecule has 116 valence electrons. The largest absolute Gasteiger partial charge is 0.481 e. The van der Waals surface area contributed by atoms with E-state index in [2.05, 4.69) is 24.4 Å². The summed E-state index contributed by atoms with van der Waals surface area (Å²) in [5, 5.41) is 13.5. The SMILES string of the molecule is CCC(Cc1ccc(Cl)cc1)NC1CCC(C(=O)O)CC1. The second-order valence-corrected chi connectivity index (χ2v) is 6.43. The summed E-state index contributed by atoms with van der Waals surface area (Å²) in [5.74, 6) is -0.777. The molecule has 0 aromatic heterocycles. The molecular formula is C17H24ClNO2. The predicted molar refractivity (Wildman–Crippen MR) is 85.8 cm³/mol. The molecule has 2 rings (SSSR count). The summed E-state index contributed by atoms with van der Waals surface area (Å²) in [7, 11) is 0. The van der Waals surface area contributed by atoms with Crippen molar-refractivity contribution >= 4 is 17.6 Å². The molecule has 3 nitrogen and oxygen atoms in total. The first-order valence-corrected chi connectivity index (χ1v) is 8.19. The van der Waals surface area contributed by atoms with E-state index in [0.717, 1.165) is 43.5 Å². The van der Waals surface area contributed by atoms with Crippen LogP contribution in [0.15, 0.2) is 24.3 Å². The van der Waals surface area contributed by atoms with Gasteiger partial charge in [-0.2, -0.15) is 0 Å². The normalized spacial score (nSPS) is 23.7. The fraction of sp³-hybridized carbons (Fsp3) is 0.588. The molecule has 0 saturated heterocycles. The Morgan fingerprint density at radius 1 is 1.29 bits per heavy atom. The van der Waals surface area contributed by atoms with Gasteiger partial charge in [0.2, 0.25) is 0 Å². The van der Waals surface area contributed by atoms with Crippen LogP contribution in [0.25, 0.3) is 0 Å². The highest BCUT2D eigenvalue weighted by atomic mass is 35.5. The van der Waals surface area contributed by atoms with Crippen LogP contribution in [-0.4, -0.2) is 23.2 Å². The molecule has 0 amide bonds. The number of hydrogen-bond donors (Lipinski definition) is 2. The van der Waals surface area contributed by atoms with Gasteiger partial charge in [-0.3, -0.25) is 4.79 Å². The zero-order chi connectivity index (χ0) is 15.2. The molecule has 0 aliphatic heterocycles. The Hall–Kier alpha value is -1.06. The molecular weight excluding hydrogens is 286 g/mol. The van der Waals surface area contributed by atoms with E-state index in [4.69, 9.17) is 16.7 Å². The lowest BCUT2D eigenvalue weighted by Gasteiger charge is -2.30. The van der Waals surface area contributed by atoms with Crippen LogP contribution in [0.1, 0.15) is 44.6 Å². The fourth-order valence-corrected chi connectivity index (χ4v) is 3.19. The second kappa shape index (κ2) is 7.81. The summed E-state index contributed by atoms with van der Waals surface area (Å²) in [5.41, 5.74) is 1.29. The zero-order valence-electron chi connectivity index (χ0n) is 12.5. The van der Waals surface area contributed by atoms with Crippen molar-refractivity contribution in [3.63, 3.8) is 0 Å². The minimum atomic E-state index is -0.637. The van der Waals surface area contributed by atoms with Gasteiger partial charge in [0.1, 0.15) is 0 Å². The first-order chi connectivity index (χ1) is 10.1. The van der Waals surface area contributed by atoms with Crippen LogP contribution in [0.3, 0.4) is 0 Å². The molecule has 1 aromatic carbocycles. The van der Waals surface area contributed by atoms with Gasteiger partial charge in [0.05, 0.1) is 5.92 Å². The lowest BCUT2D eigenvalue weighted by Crippen LogP contribution is -2.42. The number of benzene rings is 1. The first kappa shape index (κ1) is 16.3. The Morgan fingerprint density at radius 3 is 2.43 bits per heavy atom. The Bertz CT molecular complexity index is 452. The van der Waals surface area contributed by atoms with Gasteiger partial charge in [-0.25, -0.2) is 0 Å². The quantitative estimate of drug-likeness (QED) is 0.838. The molecule has 2 N–H and O–H groups in total. The van der Waals surface area contributed by atoms with E-state index in [-0.39, 0.29) is 5.92 Å². The van der Waals surface area contributed by atoms with Crippen molar-refractivity contribution in [1.29, 1.82) is 0 Å². The molecule has 1 unspecified atom stereocenters. The number of carbonyl (C=O) groups is 1. The number of carboxylic acids is 1. The molecule has 1 aliphatic rings. The van der Waals surface area contributed by atoms with Gasteiger partial charge in [0, 0.05) is 17.1 Å². The van der Waals surface area contributed by atoms with Gasteiger partial charge >= 0.3 is 5.97 Å². The van der Waals surface area contributed by atoms with Gasteiger partial charge in [-0.1, -0.05) is 30.7 Å². The molecule has 1 saturated carbocycles. The van der Waals surface area contributed by atoms with Crippen LogP contribution in [0.5, 0.6) is 0 Å². The predicted octanol–water partition coefficient (Wildman–Crippen LogP) is 3.89. The van der Waals surface area contributed by atoms with Gasteiger partial charge in [0.15, 0.2) is 0 Å². The summed E-state index contributed by atoms with van der Waals surface area (Å²) >= 11 is 5.91. The van der Waals surface area contributed by atoms with Crippen molar-refractivity contribution in [2.45, 2.75) is 57.5 Å². The second-order valence-electron chi connectivity index (χ2n) is 5.99. The molecule has 1 aromatic rings. The van der Waals surface area contributed by atoms with Gasteiger partial charge in [-0.15, -0.1) is 0 Å². The van der Waals surface area contributed by atoms with Crippen LogP contribution in [-0.2, 0) is 11.2 Å². The van der Waals surface area contributed by atoms with E-state index in [9.17, 15) is 4.79 Å². The lowest BCUT2D eigenvalue weighted by molar-refractivity contribution is -0.142. The Labute approximate surface area is 131 Å². The molecule has 1 aliphatic carbocycles. The number of rotatable bonds is 6. The summed E-state index contributed by atoms with van der Waals surface area (Å²) < 4.78 is 0. The van der Waals surface area contributed by atoms with Crippen LogP contribution in [0.2, 0.25) is 5.02 Å².